The Labute approximate surface area is 140 Å². The standard InChI is InChI=1S/C17H23FN4O2/c1-11(19)15-4-2-3-8-22(15)16(23)13-10-12(5-6-14(13)18)21-9-7-20-17(21)24/h5-6,10-11,15H,2-4,7-9,19H2,1H3,(H,20,24). The number of amides is 3. The molecule has 1 aromatic carbocycles. The quantitative estimate of drug-likeness (QED) is 0.883. The van der Waals surface area contributed by atoms with E-state index in [-0.39, 0.29) is 29.6 Å². The molecule has 24 heavy (non-hydrogen) atoms. The van der Waals surface area contributed by atoms with Crippen LogP contribution in [-0.4, -0.2) is 48.6 Å². The molecule has 0 saturated carbocycles. The minimum atomic E-state index is -0.572. The average Bonchev–Trinajstić information content (AvgIpc) is 3.00. The van der Waals surface area contributed by atoms with Gasteiger partial charge >= 0.3 is 6.03 Å². The van der Waals surface area contributed by atoms with Crippen molar-refractivity contribution in [3.63, 3.8) is 0 Å². The van der Waals surface area contributed by atoms with Gasteiger partial charge in [-0.2, -0.15) is 0 Å². The first kappa shape index (κ1) is 16.7. The van der Waals surface area contributed by atoms with Crippen LogP contribution in [0.25, 0.3) is 0 Å². The van der Waals surface area contributed by atoms with Gasteiger partial charge in [-0.1, -0.05) is 0 Å². The number of nitrogens with zero attached hydrogens (tertiary/aromatic N) is 2. The van der Waals surface area contributed by atoms with Crippen LogP contribution in [0, 0.1) is 5.82 Å². The van der Waals surface area contributed by atoms with Crippen LogP contribution >= 0.6 is 0 Å². The lowest BCUT2D eigenvalue weighted by Gasteiger charge is -2.38. The molecule has 2 unspecified atom stereocenters. The predicted octanol–water partition coefficient (Wildman–Crippen LogP) is 1.70. The van der Waals surface area contributed by atoms with Gasteiger partial charge in [-0.3, -0.25) is 9.69 Å². The summed E-state index contributed by atoms with van der Waals surface area (Å²) >= 11 is 0. The van der Waals surface area contributed by atoms with Crippen molar-refractivity contribution in [2.24, 2.45) is 5.73 Å². The fourth-order valence-electron chi connectivity index (χ4n) is 3.47. The Morgan fingerprint density at radius 2 is 2.17 bits per heavy atom. The number of carbonyl (C=O) groups excluding carboxylic acids is 2. The molecular formula is C17H23FN4O2. The first-order valence-corrected chi connectivity index (χ1v) is 8.40. The molecule has 2 heterocycles. The summed E-state index contributed by atoms with van der Waals surface area (Å²) in [6.07, 6.45) is 2.75. The monoisotopic (exact) mass is 334 g/mol. The van der Waals surface area contributed by atoms with Gasteiger partial charge in [-0.25, -0.2) is 9.18 Å². The number of anilines is 1. The lowest BCUT2D eigenvalue weighted by atomic mass is 9.96. The van der Waals surface area contributed by atoms with E-state index < -0.39 is 5.82 Å². The molecule has 0 spiro atoms. The maximum Gasteiger partial charge on any atom is 0.321 e. The lowest BCUT2D eigenvalue weighted by molar-refractivity contribution is 0.0579. The summed E-state index contributed by atoms with van der Waals surface area (Å²) in [5, 5.41) is 2.70. The molecule has 2 fully saturated rings. The molecule has 3 rings (SSSR count). The summed E-state index contributed by atoms with van der Waals surface area (Å²) in [5.74, 6) is -0.923. The van der Waals surface area contributed by atoms with Crippen molar-refractivity contribution in [1.82, 2.24) is 10.2 Å². The summed E-state index contributed by atoms with van der Waals surface area (Å²) < 4.78 is 14.3. The summed E-state index contributed by atoms with van der Waals surface area (Å²) in [6, 6.07) is 3.77. The Morgan fingerprint density at radius 3 is 2.83 bits per heavy atom. The third-order valence-corrected chi connectivity index (χ3v) is 4.77. The molecule has 130 valence electrons. The number of urea groups is 1. The van der Waals surface area contributed by atoms with Crippen molar-refractivity contribution in [3.8, 4) is 0 Å². The number of likely N-dealkylation sites (tertiary alicyclic amines) is 1. The van der Waals surface area contributed by atoms with Crippen molar-refractivity contribution in [2.45, 2.75) is 38.3 Å². The summed E-state index contributed by atoms with van der Waals surface area (Å²) in [4.78, 5) is 27.9. The van der Waals surface area contributed by atoms with Gasteiger partial charge < -0.3 is 16.0 Å². The second-order valence-electron chi connectivity index (χ2n) is 6.47. The Balaban J connectivity index is 1.89. The van der Waals surface area contributed by atoms with Crippen molar-refractivity contribution in [2.75, 3.05) is 24.5 Å². The van der Waals surface area contributed by atoms with Crippen LogP contribution in [0.3, 0.4) is 0 Å². The summed E-state index contributed by atoms with van der Waals surface area (Å²) in [6.45, 7) is 3.50. The van der Waals surface area contributed by atoms with E-state index >= 15 is 0 Å². The topological polar surface area (TPSA) is 78.7 Å². The molecule has 3 N–H and O–H groups in total. The van der Waals surface area contributed by atoms with Gasteiger partial charge in [0.2, 0.25) is 0 Å². The SMILES string of the molecule is CC(N)C1CCCCN1C(=O)c1cc(N2CCNC2=O)ccc1F. The lowest BCUT2D eigenvalue weighted by Crippen LogP contribution is -2.51. The second kappa shape index (κ2) is 6.76. The van der Waals surface area contributed by atoms with Crippen molar-refractivity contribution < 1.29 is 14.0 Å². The number of carbonyl (C=O) groups is 2. The smallest absolute Gasteiger partial charge is 0.321 e. The molecule has 0 radical (unpaired) electrons. The second-order valence-corrected chi connectivity index (χ2v) is 6.47. The van der Waals surface area contributed by atoms with Crippen LogP contribution in [0.15, 0.2) is 18.2 Å². The number of nitrogens with two attached hydrogens (primary N) is 1. The van der Waals surface area contributed by atoms with Gasteiger partial charge in [0, 0.05) is 37.4 Å². The van der Waals surface area contributed by atoms with Gasteiger partial charge in [0.15, 0.2) is 0 Å². The summed E-state index contributed by atoms with van der Waals surface area (Å²) in [5.41, 5.74) is 6.54. The van der Waals surface area contributed by atoms with Gasteiger partial charge in [-0.15, -0.1) is 0 Å². The molecule has 6 nitrogen and oxygen atoms in total. The molecule has 0 aromatic heterocycles. The van der Waals surface area contributed by atoms with Gasteiger partial charge in [0.1, 0.15) is 5.82 Å². The van der Waals surface area contributed by atoms with E-state index in [0.717, 1.165) is 19.3 Å². The van der Waals surface area contributed by atoms with Crippen LogP contribution in [0.2, 0.25) is 0 Å². The number of halogens is 1. The molecule has 2 atom stereocenters. The van der Waals surface area contributed by atoms with Gasteiger partial charge in [0.25, 0.3) is 5.91 Å². The minimum absolute atomic E-state index is 0.000231. The zero-order valence-corrected chi connectivity index (χ0v) is 13.8. The third-order valence-electron chi connectivity index (χ3n) is 4.77. The van der Waals surface area contributed by atoms with E-state index in [2.05, 4.69) is 5.32 Å². The molecule has 2 aliphatic heterocycles. The molecule has 3 amide bonds. The first-order valence-electron chi connectivity index (χ1n) is 8.40. The van der Waals surface area contributed by atoms with Gasteiger partial charge in [0.05, 0.1) is 5.56 Å². The van der Waals surface area contributed by atoms with E-state index in [1.54, 1.807) is 4.90 Å². The van der Waals surface area contributed by atoms with E-state index in [1.165, 1.54) is 23.1 Å². The van der Waals surface area contributed by atoms with Gasteiger partial charge in [-0.05, 0) is 44.4 Å². The zero-order chi connectivity index (χ0) is 17.3. The van der Waals surface area contributed by atoms with Crippen LogP contribution in [0.1, 0.15) is 36.5 Å². The van der Waals surface area contributed by atoms with Crippen LogP contribution < -0.4 is 16.0 Å². The third kappa shape index (κ3) is 3.08. The number of hydrogen-bond acceptors (Lipinski definition) is 3. The highest BCUT2D eigenvalue weighted by molar-refractivity contribution is 5.98. The highest BCUT2D eigenvalue weighted by Gasteiger charge is 2.32. The highest BCUT2D eigenvalue weighted by atomic mass is 19.1. The highest BCUT2D eigenvalue weighted by Crippen LogP contribution is 2.25. The molecular weight excluding hydrogens is 311 g/mol. The van der Waals surface area contributed by atoms with E-state index in [0.29, 0.717) is 25.3 Å². The number of nitrogens with one attached hydrogen (secondary N) is 1. The Morgan fingerprint density at radius 1 is 1.38 bits per heavy atom. The maximum atomic E-state index is 14.3. The number of rotatable bonds is 3. The fraction of sp³-hybridized carbons (Fsp3) is 0.529. The van der Waals surface area contributed by atoms with Crippen LogP contribution in [-0.2, 0) is 0 Å². The van der Waals surface area contributed by atoms with Crippen LogP contribution in [0.5, 0.6) is 0 Å². The predicted molar refractivity (Wildman–Crippen MR) is 89.5 cm³/mol. The molecule has 2 aliphatic rings. The van der Waals surface area contributed by atoms with Crippen molar-refractivity contribution >= 4 is 17.6 Å². The zero-order valence-electron chi connectivity index (χ0n) is 13.8. The summed E-state index contributed by atoms with van der Waals surface area (Å²) in [7, 11) is 0. The fourth-order valence-corrected chi connectivity index (χ4v) is 3.47. The van der Waals surface area contributed by atoms with Crippen molar-refractivity contribution in [3.05, 3.63) is 29.6 Å². The number of benzene rings is 1. The Kier molecular flexibility index (Phi) is 4.71. The molecule has 2 saturated heterocycles. The van der Waals surface area contributed by atoms with E-state index in [4.69, 9.17) is 5.73 Å². The largest absolute Gasteiger partial charge is 0.336 e. The normalized spacial score (nSPS) is 22.5. The van der Waals surface area contributed by atoms with E-state index in [9.17, 15) is 14.0 Å². The molecule has 0 aliphatic carbocycles. The molecule has 1 aromatic rings. The number of hydrogen-bond donors (Lipinski definition) is 2. The molecule has 0 bridgehead atoms. The average molecular weight is 334 g/mol. The number of piperidine rings is 1. The maximum absolute atomic E-state index is 14.3. The molecule has 7 heteroatoms. The van der Waals surface area contributed by atoms with E-state index in [1.807, 2.05) is 6.92 Å². The first-order chi connectivity index (χ1) is 11.5. The van der Waals surface area contributed by atoms with Crippen LogP contribution in [0.4, 0.5) is 14.9 Å². The Bertz CT molecular complexity index is 649. The van der Waals surface area contributed by atoms with Crippen molar-refractivity contribution in [1.29, 1.82) is 0 Å². The minimum Gasteiger partial charge on any atom is -0.336 e. The Hall–Kier alpha value is -2.15.